The van der Waals surface area contributed by atoms with E-state index in [9.17, 15) is 32.3 Å². The second kappa shape index (κ2) is 17.1. The van der Waals surface area contributed by atoms with Crippen LogP contribution in [-0.2, 0) is 23.2 Å². The summed E-state index contributed by atoms with van der Waals surface area (Å²) in [4.78, 5) is 54.6. The summed E-state index contributed by atoms with van der Waals surface area (Å²) in [6.07, 6.45) is 1.68. The molecule has 2 aromatic heterocycles. The zero-order chi connectivity index (χ0) is 40.1. The van der Waals surface area contributed by atoms with Gasteiger partial charge < -0.3 is 34.5 Å². The molecular formula is C39H46F4N8O5. The fourth-order valence-corrected chi connectivity index (χ4v) is 7.67. The highest BCUT2D eigenvalue weighted by Gasteiger charge is 2.34. The number of nitrogens with one attached hydrogen (secondary N) is 3. The first kappa shape index (κ1) is 40.2. The lowest BCUT2D eigenvalue weighted by molar-refractivity contribution is -0.275. The third-order valence-electron chi connectivity index (χ3n) is 10.9. The number of aryl methyl sites for hydroxylation is 1. The number of pyridine rings is 1. The maximum atomic E-state index is 15.2. The van der Waals surface area contributed by atoms with E-state index in [1.165, 1.54) is 29.9 Å². The Labute approximate surface area is 321 Å². The zero-order valence-corrected chi connectivity index (χ0v) is 31.5. The summed E-state index contributed by atoms with van der Waals surface area (Å²) in [6.45, 7) is 2.24. The van der Waals surface area contributed by atoms with Gasteiger partial charge >= 0.3 is 12.4 Å². The van der Waals surface area contributed by atoms with E-state index in [0.29, 0.717) is 91.5 Å². The van der Waals surface area contributed by atoms with Crippen molar-refractivity contribution in [3.8, 4) is 16.9 Å². The number of rotatable bonds is 12. The number of nitrogens with zero attached hydrogens (tertiary/aromatic N) is 5. The Kier molecular flexibility index (Phi) is 12.3. The van der Waals surface area contributed by atoms with Crippen LogP contribution in [0, 0.1) is 5.82 Å². The summed E-state index contributed by atoms with van der Waals surface area (Å²) in [5.41, 5.74) is 2.27. The lowest BCUT2D eigenvalue weighted by Gasteiger charge is -2.40. The SMILES string of the molecule is CNC(=O)CCC(C=O)Nc1ccc(C2CCN(C(=O)N(C)C3CCN(Cc4ccc(-c5cn(C)c(=O)c6[nH]ncc56)cc4OC(F)(F)F)CC3)CC2)c(F)c1. The van der Waals surface area contributed by atoms with Gasteiger partial charge in [-0.2, -0.15) is 5.10 Å². The molecule has 17 heteroatoms. The summed E-state index contributed by atoms with van der Waals surface area (Å²) in [5.74, 6) is -0.987. The zero-order valence-electron chi connectivity index (χ0n) is 31.5. The number of urea groups is 1. The Morgan fingerprint density at radius 3 is 2.48 bits per heavy atom. The molecule has 0 radical (unpaired) electrons. The van der Waals surface area contributed by atoms with Crippen LogP contribution < -0.4 is 20.9 Å². The van der Waals surface area contributed by atoms with Crippen molar-refractivity contribution in [1.82, 2.24) is 34.8 Å². The maximum Gasteiger partial charge on any atom is 0.573 e. The van der Waals surface area contributed by atoms with Gasteiger partial charge in [-0.25, -0.2) is 9.18 Å². The smallest absolute Gasteiger partial charge is 0.405 e. The molecule has 4 aromatic rings. The number of piperidine rings is 2. The molecule has 2 fully saturated rings. The standard InChI is InChI=1S/C39H46F4N8O5/c1-44-35(53)9-7-28(23-52)46-27-6-8-30(33(40)19-27)24-10-16-51(17-11-24)38(55)49(3)29-12-14-50(15-13-29)21-26-5-4-25(18-34(26)56-39(41,42)43)32-22-48(2)37(54)36-31(32)20-45-47-36/h4-6,8,18-20,22-24,28-29,46H,7,9-17,21H2,1-3H3,(H,44,53)(H,45,47). The van der Waals surface area contributed by atoms with E-state index in [4.69, 9.17) is 0 Å². The summed E-state index contributed by atoms with van der Waals surface area (Å²) in [6, 6.07) is 8.64. The molecule has 300 valence electrons. The minimum atomic E-state index is -4.92. The monoisotopic (exact) mass is 782 g/mol. The number of likely N-dealkylation sites (tertiary alicyclic amines) is 2. The van der Waals surface area contributed by atoms with E-state index in [1.807, 2.05) is 4.90 Å². The summed E-state index contributed by atoms with van der Waals surface area (Å²) < 4.78 is 61.9. The van der Waals surface area contributed by atoms with Gasteiger partial charge in [-0.3, -0.25) is 19.6 Å². The average molecular weight is 783 g/mol. The van der Waals surface area contributed by atoms with Gasteiger partial charge in [-0.1, -0.05) is 18.2 Å². The van der Waals surface area contributed by atoms with Gasteiger partial charge in [0.2, 0.25) is 5.91 Å². The normalized spacial score (nSPS) is 16.4. The predicted octanol–water partition coefficient (Wildman–Crippen LogP) is 5.37. The number of carbonyl (C=O) groups is 3. The van der Waals surface area contributed by atoms with E-state index < -0.39 is 18.2 Å². The lowest BCUT2D eigenvalue weighted by Crippen LogP contribution is -2.51. The Hall–Kier alpha value is -5.45. The molecule has 0 bridgehead atoms. The Morgan fingerprint density at radius 1 is 1.09 bits per heavy atom. The fraction of sp³-hybridized carbons (Fsp3) is 0.462. The van der Waals surface area contributed by atoms with Crippen LogP contribution in [0.5, 0.6) is 5.75 Å². The molecule has 0 saturated carbocycles. The van der Waals surface area contributed by atoms with Crippen molar-refractivity contribution in [1.29, 1.82) is 0 Å². The predicted molar refractivity (Wildman–Crippen MR) is 202 cm³/mol. The van der Waals surface area contributed by atoms with Crippen LogP contribution in [0.15, 0.2) is 53.6 Å². The molecule has 0 aliphatic carbocycles. The van der Waals surface area contributed by atoms with E-state index in [-0.39, 0.29) is 60.1 Å². The van der Waals surface area contributed by atoms with Gasteiger partial charge in [0.15, 0.2) is 0 Å². The first-order valence-corrected chi connectivity index (χ1v) is 18.6. The number of aromatic amines is 1. The van der Waals surface area contributed by atoms with Crippen molar-refractivity contribution in [2.75, 3.05) is 45.6 Å². The number of hydrogen-bond acceptors (Lipinski definition) is 8. The first-order valence-electron chi connectivity index (χ1n) is 18.6. The number of benzene rings is 2. The van der Waals surface area contributed by atoms with Crippen molar-refractivity contribution in [2.24, 2.45) is 7.05 Å². The minimum Gasteiger partial charge on any atom is -0.405 e. The number of carbonyl (C=O) groups excluding carboxylic acids is 3. The van der Waals surface area contributed by atoms with Crippen molar-refractivity contribution >= 4 is 34.8 Å². The van der Waals surface area contributed by atoms with Crippen LogP contribution in [0.2, 0.25) is 0 Å². The molecule has 1 unspecified atom stereocenters. The molecule has 4 heterocycles. The van der Waals surface area contributed by atoms with Crippen LogP contribution in [0.25, 0.3) is 22.0 Å². The molecule has 56 heavy (non-hydrogen) atoms. The van der Waals surface area contributed by atoms with Gasteiger partial charge in [0.05, 0.1) is 12.2 Å². The number of fused-ring (bicyclic) bond motifs is 1. The maximum absolute atomic E-state index is 15.2. The molecule has 1 atom stereocenters. The third kappa shape index (κ3) is 9.32. The largest absolute Gasteiger partial charge is 0.573 e. The number of hydrogen-bond donors (Lipinski definition) is 3. The Bertz CT molecular complexity index is 2100. The van der Waals surface area contributed by atoms with E-state index in [0.717, 1.165) is 0 Å². The number of halogens is 4. The van der Waals surface area contributed by atoms with Crippen LogP contribution in [0.4, 0.5) is 28.0 Å². The summed E-state index contributed by atoms with van der Waals surface area (Å²) >= 11 is 0. The number of alkyl halides is 3. The van der Waals surface area contributed by atoms with Gasteiger partial charge in [0.25, 0.3) is 5.56 Å². The summed E-state index contributed by atoms with van der Waals surface area (Å²) in [7, 11) is 4.85. The van der Waals surface area contributed by atoms with Crippen LogP contribution in [0.1, 0.15) is 55.6 Å². The van der Waals surface area contributed by atoms with Crippen molar-refractivity contribution in [3.63, 3.8) is 0 Å². The molecule has 3 amide bonds. The quantitative estimate of drug-likeness (QED) is 0.129. The molecule has 0 spiro atoms. The molecule has 6 rings (SSSR count). The fourth-order valence-electron chi connectivity index (χ4n) is 7.67. The number of aromatic nitrogens is 3. The molecular weight excluding hydrogens is 736 g/mol. The van der Waals surface area contributed by atoms with Gasteiger partial charge in [-0.15, -0.1) is 13.2 Å². The molecule has 13 nitrogen and oxygen atoms in total. The number of aldehydes is 1. The highest BCUT2D eigenvalue weighted by atomic mass is 19.4. The molecule has 2 aromatic carbocycles. The lowest BCUT2D eigenvalue weighted by atomic mass is 9.89. The van der Waals surface area contributed by atoms with E-state index >= 15 is 4.39 Å². The van der Waals surface area contributed by atoms with Gasteiger partial charge in [0.1, 0.15) is 23.4 Å². The molecule has 2 aliphatic heterocycles. The number of amides is 3. The van der Waals surface area contributed by atoms with Crippen LogP contribution in [-0.4, -0.2) is 106 Å². The topological polar surface area (TPSA) is 145 Å². The highest BCUT2D eigenvalue weighted by molar-refractivity contribution is 5.93. The summed E-state index contributed by atoms with van der Waals surface area (Å²) in [5, 5.41) is 12.6. The van der Waals surface area contributed by atoms with E-state index in [2.05, 4.69) is 25.6 Å². The van der Waals surface area contributed by atoms with Crippen LogP contribution in [0.3, 0.4) is 0 Å². The number of anilines is 1. The number of ether oxygens (including phenoxy) is 1. The third-order valence-corrected chi connectivity index (χ3v) is 10.9. The molecule has 3 N–H and O–H groups in total. The number of H-pyrrole nitrogens is 1. The van der Waals surface area contributed by atoms with Crippen molar-refractivity contribution < 1.29 is 36.7 Å². The van der Waals surface area contributed by atoms with Gasteiger partial charge in [0, 0.05) is 94.7 Å². The van der Waals surface area contributed by atoms with Crippen LogP contribution >= 0.6 is 0 Å². The molecule has 2 saturated heterocycles. The highest BCUT2D eigenvalue weighted by Crippen LogP contribution is 2.36. The molecule has 2 aliphatic rings. The minimum absolute atomic E-state index is 0.0594. The van der Waals surface area contributed by atoms with Crippen molar-refractivity contribution in [2.45, 2.75) is 69.4 Å². The second-order valence-electron chi connectivity index (χ2n) is 14.5. The Morgan fingerprint density at radius 2 is 1.82 bits per heavy atom. The van der Waals surface area contributed by atoms with E-state index in [1.54, 1.807) is 54.4 Å². The average Bonchev–Trinajstić information content (AvgIpc) is 3.68. The first-order chi connectivity index (χ1) is 26.7. The van der Waals surface area contributed by atoms with Crippen molar-refractivity contribution in [3.05, 3.63) is 76.1 Å². The Balaban J connectivity index is 1.02. The second-order valence-corrected chi connectivity index (χ2v) is 14.5. The van der Waals surface area contributed by atoms with Gasteiger partial charge in [-0.05, 0) is 67.3 Å².